The average molecular weight is 385 g/mol. The molecule has 0 fully saturated rings. The molecule has 1 atom stereocenters. The molecule has 0 bridgehead atoms. The van der Waals surface area contributed by atoms with Crippen LogP contribution >= 0.6 is 0 Å². The number of ether oxygens (including phenoxy) is 1. The molecule has 0 saturated heterocycles. The van der Waals surface area contributed by atoms with E-state index in [1.807, 2.05) is 85.8 Å². The van der Waals surface area contributed by atoms with E-state index in [2.05, 4.69) is 5.32 Å². The summed E-state index contributed by atoms with van der Waals surface area (Å²) < 4.78 is 5.24. The van der Waals surface area contributed by atoms with Crippen molar-refractivity contribution in [2.45, 2.75) is 20.0 Å². The topological polar surface area (TPSA) is 55.4 Å². The van der Waals surface area contributed by atoms with Crippen LogP contribution in [-0.2, 0) is 14.3 Å². The van der Waals surface area contributed by atoms with Crippen LogP contribution in [0.25, 0.3) is 17.2 Å². The lowest BCUT2D eigenvalue weighted by molar-refractivity contribution is -0.148. The minimum absolute atomic E-state index is 0.384. The molecule has 0 aromatic heterocycles. The van der Waals surface area contributed by atoms with Gasteiger partial charge in [-0.15, -0.1) is 0 Å². The number of carbonyl (C=O) groups excluding carboxylic acids is 2. The van der Waals surface area contributed by atoms with Gasteiger partial charge in [-0.05, 0) is 37.1 Å². The van der Waals surface area contributed by atoms with Gasteiger partial charge in [0.15, 0.2) is 6.10 Å². The summed E-state index contributed by atoms with van der Waals surface area (Å²) in [6, 6.07) is 25.1. The van der Waals surface area contributed by atoms with Crippen LogP contribution in [0.1, 0.15) is 18.1 Å². The first kappa shape index (κ1) is 20.1. The van der Waals surface area contributed by atoms with E-state index in [0.717, 1.165) is 22.3 Å². The smallest absolute Gasteiger partial charge is 0.331 e. The summed E-state index contributed by atoms with van der Waals surface area (Å²) in [5.74, 6) is -0.949. The van der Waals surface area contributed by atoms with Gasteiger partial charge in [0, 0.05) is 17.3 Å². The number of esters is 1. The van der Waals surface area contributed by atoms with Crippen LogP contribution in [0.3, 0.4) is 0 Å². The zero-order valence-electron chi connectivity index (χ0n) is 16.5. The summed E-state index contributed by atoms with van der Waals surface area (Å²) in [4.78, 5) is 24.6. The van der Waals surface area contributed by atoms with E-state index < -0.39 is 12.1 Å². The van der Waals surface area contributed by atoms with Crippen molar-refractivity contribution in [2.75, 3.05) is 5.32 Å². The summed E-state index contributed by atoms with van der Waals surface area (Å²) in [5, 5.41) is 2.85. The molecule has 0 saturated carbocycles. The van der Waals surface area contributed by atoms with Crippen LogP contribution in [0.4, 0.5) is 5.69 Å². The quantitative estimate of drug-likeness (QED) is 0.466. The highest BCUT2D eigenvalue weighted by atomic mass is 16.5. The first-order chi connectivity index (χ1) is 14.0. The standard InChI is InChI=1S/C25H23NO3/c1-18-12-14-20(15-13-18)16-17-24(27)29-19(2)25(28)26-23-11-7-6-10-22(23)21-8-4-3-5-9-21/h3-17,19H,1-2H3,(H,26,28)/b17-16+/t19-/m1/s1. The second-order valence-electron chi connectivity index (χ2n) is 6.72. The van der Waals surface area contributed by atoms with E-state index in [0.29, 0.717) is 5.69 Å². The van der Waals surface area contributed by atoms with Crippen molar-refractivity contribution in [3.05, 3.63) is 96.1 Å². The largest absolute Gasteiger partial charge is 0.449 e. The van der Waals surface area contributed by atoms with Crippen molar-refractivity contribution in [3.63, 3.8) is 0 Å². The second kappa shape index (κ2) is 9.51. The Labute approximate surface area is 170 Å². The number of anilines is 1. The molecule has 1 N–H and O–H groups in total. The molecule has 0 aliphatic carbocycles. The first-order valence-corrected chi connectivity index (χ1v) is 9.43. The van der Waals surface area contributed by atoms with Crippen molar-refractivity contribution in [3.8, 4) is 11.1 Å². The number of hydrogen-bond acceptors (Lipinski definition) is 3. The summed E-state index contributed by atoms with van der Waals surface area (Å²) in [6.07, 6.45) is 2.07. The molecule has 4 heteroatoms. The predicted molar refractivity (Wildman–Crippen MR) is 116 cm³/mol. The SMILES string of the molecule is Cc1ccc(/C=C/C(=O)O[C@H](C)C(=O)Nc2ccccc2-c2ccccc2)cc1. The summed E-state index contributed by atoms with van der Waals surface area (Å²) in [5.41, 5.74) is 4.60. The highest BCUT2D eigenvalue weighted by Gasteiger charge is 2.18. The van der Waals surface area contributed by atoms with Gasteiger partial charge >= 0.3 is 5.97 Å². The fourth-order valence-electron chi connectivity index (χ4n) is 2.80. The molecule has 0 aliphatic heterocycles. The molecule has 3 aromatic rings. The van der Waals surface area contributed by atoms with Crippen molar-refractivity contribution in [1.29, 1.82) is 0 Å². The lowest BCUT2D eigenvalue weighted by Gasteiger charge is -2.15. The van der Waals surface area contributed by atoms with Gasteiger partial charge in [0.25, 0.3) is 5.91 Å². The molecule has 146 valence electrons. The molecule has 4 nitrogen and oxygen atoms in total. The number of para-hydroxylation sites is 1. The molecule has 29 heavy (non-hydrogen) atoms. The number of hydrogen-bond donors (Lipinski definition) is 1. The fraction of sp³-hybridized carbons (Fsp3) is 0.120. The second-order valence-corrected chi connectivity index (χ2v) is 6.72. The zero-order chi connectivity index (χ0) is 20.6. The highest BCUT2D eigenvalue weighted by molar-refractivity contribution is 5.99. The van der Waals surface area contributed by atoms with Gasteiger partial charge < -0.3 is 10.1 Å². The molecular weight excluding hydrogens is 362 g/mol. The van der Waals surface area contributed by atoms with Crippen LogP contribution in [-0.4, -0.2) is 18.0 Å². The Kier molecular flexibility index (Phi) is 6.59. The molecule has 0 heterocycles. The maximum atomic E-state index is 12.5. The Bertz CT molecular complexity index is 1010. The normalized spacial score (nSPS) is 11.8. The Morgan fingerprint density at radius 3 is 2.28 bits per heavy atom. The van der Waals surface area contributed by atoms with E-state index in [1.54, 1.807) is 13.0 Å². The van der Waals surface area contributed by atoms with Crippen LogP contribution in [0.2, 0.25) is 0 Å². The summed E-state index contributed by atoms with van der Waals surface area (Å²) >= 11 is 0. The minimum atomic E-state index is -0.922. The lowest BCUT2D eigenvalue weighted by Crippen LogP contribution is -2.29. The third kappa shape index (κ3) is 5.66. The summed E-state index contributed by atoms with van der Waals surface area (Å²) in [7, 11) is 0. The van der Waals surface area contributed by atoms with Gasteiger partial charge in [0.2, 0.25) is 0 Å². The number of benzene rings is 3. The van der Waals surface area contributed by atoms with Crippen LogP contribution in [0, 0.1) is 6.92 Å². The van der Waals surface area contributed by atoms with E-state index in [1.165, 1.54) is 6.08 Å². The first-order valence-electron chi connectivity index (χ1n) is 9.43. The average Bonchev–Trinajstić information content (AvgIpc) is 2.74. The van der Waals surface area contributed by atoms with Crippen LogP contribution in [0.5, 0.6) is 0 Å². The molecule has 3 aromatic carbocycles. The Morgan fingerprint density at radius 2 is 1.55 bits per heavy atom. The minimum Gasteiger partial charge on any atom is -0.449 e. The van der Waals surface area contributed by atoms with Gasteiger partial charge in [0.1, 0.15) is 0 Å². The third-order valence-electron chi connectivity index (χ3n) is 4.42. The number of nitrogens with one attached hydrogen (secondary N) is 1. The molecule has 0 spiro atoms. The molecule has 0 unspecified atom stereocenters. The van der Waals surface area contributed by atoms with Crippen LogP contribution in [0.15, 0.2) is 84.9 Å². The predicted octanol–water partition coefficient (Wildman–Crippen LogP) is 5.25. The zero-order valence-corrected chi connectivity index (χ0v) is 16.5. The number of rotatable bonds is 6. The number of aryl methyl sites for hydroxylation is 1. The van der Waals surface area contributed by atoms with Gasteiger partial charge in [-0.25, -0.2) is 4.79 Å². The molecule has 1 amide bonds. The van der Waals surface area contributed by atoms with Crippen molar-refractivity contribution in [2.24, 2.45) is 0 Å². The monoisotopic (exact) mass is 385 g/mol. The van der Waals surface area contributed by atoms with Crippen molar-refractivity contribution in [1.82, 2.24) is 0 Å². The third-order valence-corrected chi connectivity index (χ3v) is 4.42. The lowest BCUT2D eigenvalue weighted by atomic mass is 10.0. The van der Waals surface area contributed by atoms with Gasteiger partial charge in [0.05, 0.1) is 0 Å². The molecule has 0 radical (unpaired) electrons. The van der Waals surface area contributed by atoms with Crippen molar-refractivity contribution >= 4 is 23.6 Å². The van der Waals surface area contributed by atoms with Crippen molar-refractivity contribution < 1.29 is 14.3 Å². The molecule has 0 aliphatic rings. The highest BCUT2D eigenvalue weighted by Crippen LogP contribution is 2.27. The Hall–Kier alpha value is -3.66. The Morgan fingerprint density at radius 1 is 0.897 bits per heavy atom. The molecule has 3 rings (SSSR count). The van der Waals surface area contributed by atoms with Gasteiger partial charge in [-0.1, -0.05) is 78.4 Å². The van der Waals surface area contributed by atoms with E-state index in [9.17, 15) is 9.59 Å². The molecular formula is C25H23NO3. The number of amides is 1. The number of carbonyl (C=O) groups is 2. The van der Waals surface area contributed by atoms with E-state index in [4.69, 9.17) is 4.74 Å². The Balaban J connectivity index is 1.62. The fourth-order valence-corrected chi connectivity index (χ4v) is 2.80. The van der Waals surface area contributed by atoms with E-state index in [-0.39, 0.29) is 5.91 Å². The maximum Gasteiger partial charge on any atom is 0.331 e. The maximum absolute atomic E-state index is 12.5. The van der Waals surface area contributed by atoms with Crippen LogP contribution < -0.4 is 5.32 Å². The van der Waals surface area contributed by atoms with Gasteiger partial charge in [-0.3, -0.25) is 4.79 Å². The summed E-state index contributed by atoms with van der Waals surface area (Å²) in [6.45, 7) is 3.55. The van der Waals surface area contributed by atoms with E-state index >= 15 is 0 Å². The van der Waals surface area contributed by atoms with Gasteiger partial charge in [-0.2, -0.15) is 0 Å².